The molecule has 1 saturated carbocycles. The zero-order chi connectivity index (χ0) is 7.56. The summed E-state index contributed by atoms with van der Waals surface area (Å²) in [5.41, 5.74) is 0. The number of esters is 1. The van der Waals surface area contributed by atoms with E-state index in [-0.39, 0.29) is 55.3 Å². The third-order valence-electron chi connectivity index (χ3n) is 1.86. The number of hydrogen-bond donors (Lipinski definition) is 0. The van der Waals surface area contributed by atoms with Crippen LogP contribution in [0.15, 0.2) is 0 Å². The van der Waals surface area contributed by atoms with Gasteiger partial charge in [-0.05, 0) is 6.92 Å². The van der Waals surface area contributed by atoms with Crippen LogP contribution in [0, 0.1) is 18.8 Å². The Morgan fingerprint density at radius 1 is 1.58 bits per heavy atom. The number of ether oxygens (including phenoxy) is 1. The van der Waals surface area contributed by atoms with E-state index in [1.54, 1.807) is 0 Å². The second kappa shape index (κ2) is 7.25. The molecule has 1 rings (SSSR count). The Hall–Kier alpha value is 0.823. The van der Waals surface area contributed by atoms with Gasteiger partial charge in [0.2, 0.25) is 0 Å². The summed E-state index contributed by atoms with van der Waals surface area (Å²) in [6, 6.07) is 0. The first-order chi connectivity index (χ1) is 4.74. The Morgan fingerprint density at radius 3 is 2.42 bits per heavy atom. The van der Waals surface area contributed by atoms with E-state index in [1.165, 1.54) is 0 Å². The zero-order valence-corrected chi connectivity index (χ0v) is 12.5. The first-order valence-corrected chi connectivity index (χ1v) is 3.73. The maximum atomic E-state index is 10.9. The van der Waals surface area contributed by atoms with Gasteiger partial charge in [-0.15, -0.1) is 0 Å². The summed E-state index contributed by atoms with van der Waals surface area (Å²) in [6.45, 7) is 6.16. The molecule has 0 amide bonds. The van der Waals surface area contributed by atoms with Crippen molar-refractivity contribution in [2.24, 2.45) is 11.8 Å². The van der Waals surface area contributed by atoms with E-state index in [0.29, 0.717) is 12.5 Å². The van der Waals surface area contributed by atoms with Crippen LogP contribution in [0.3, 0.4) is 0 Å². The molecule has 0 aromatic carbocycles. The summed E-state index contributed by atoms with van der Waals surface area (Å²) in [5, 5.41) is 0. The van der Waals surface area contributed by atoms with Gasteiger partial charge < -0.3 is 35.6 Å². The first kappa shape index (κ1) is 15.3. The molecule has 1 fully saturated rings. The Kier molecular flexibility index (Phi) is 9.24. The van der Waals surface area contributed by atoms with Crippen LogP contribution < -0.4 is 24.0 Å². The van der Waals surface area contributed by atoms with Crippen molar-refractivity contribution < 1.29 is 53.0 Å². The standard InChI is InChI=1S/C8H13O2.HI.Zn/c1-3-10-8(9)7-4-6(2)5-7;;/h6-7H,2-5H2,1H3;1H;/q-1;;+2/p-1. The summed E-state index contributed by atoms with van der Waals surface area (Å²) < 4.78 is 4.83. The molecule has 1 aliphatic rings. The normalized spacial score (nSPS) is 25.8. The number of carbonyl (C=O) groups excluding carboxylic acids is 1. The molecular weight excluding hydrogens is 320 g/mol. The third-order valence-corrected chi connectivity index (χ3v) is 1.86. The van der Waals surface area contributed by atoms with Crippen molar-refractivity contribution in [3.63, 3.8) is 0 Å². The molecule has 0 aromatic heterocycles. The summed E-state index contributed by atoms with van der Waals surface area (Å²) in [4.78, 5) is 10.9. The number of carbonyl (C=O) groups is 1. The molecule has 0 radical (unpaired) electrons. The maximum absolute atomic E-state index is 10.9. The van der Waals surface area contributed by atoms with E-state index in [2.05, 4.69) is 6.92 Å². The van der Waals surface area contributed by atoms with E-state index in [4.69, 9.17) is 4.74 Å². The predicted octanol–water partition coefficient (Wildman–Crippen LogP) is -1.59. The average molecular weight is 333 g/mol. The van der Waals surface area contributed by atoms with E-state index >= 15 is 0 Å². The number of rotatable bonds is 2. The van der Waals surface area contributed by atoms with Gasteiger partial charge in [0.1, 0.15) is 0 Å². The van der Waals surface area contributed by atoms with Crippen LogP contribution >= 0.6 is 0 Å². The Labute approximate surface area is 104 Å². The topological polar surface area (TPSA) is 26.3 Å². The molecule has 12 heavy (non-hydrogen) atoms. The molecule has 0 aliphatic heterocycles. The summed E-state index contributed by atoms with van der Waals surface area (Å²) in [6.07, 6.45) is 1.83. The Bertz CT molecular complexity index is 135. The monoisotopic (exact) mass is 332 g/mol. The van der Waals surface area contributed by atoms with Gasteiger partial charge in [-0.3, -0.25) is 4.79 Å². The van der Waals surface area contributed by atoms with E-state index in [1.807, 2.05) is 6.92 Å². The van der Waals surface area contributed by atoms with Crippen LogP contribution in [0.4, 0.5) is 0 Å². The second-order valence-corrected chi connectivity index (χ2v) is 2.79. The van der Waals surface area contributed by atoms with Crippen molar-refractivity contribution in [1.29, 1.82) is 0 Å². The molecule has 0 saturated heterocycles. The Balaban J connectivity index is 0. The minimum atomic E-state index is -0.0394. The smallest absolute Gasteiger partial charge is 1.00 e. The quantitative estimate of drug-likeness (QED) is 0.264. The predicted molar refractivity (Wildman–Crippen MR) is 38.2 cm³/mol. The largest absolute Gasteiger partial charge is 2.00 e. The Morgan fingerprint density at radius 2 is 2.08 bits per heavy atom. The third kappa shape index (κ3) is 4.17. The van der Waals surface area contributed by atoms with Gasteiger partial charge in [-0.25, -0.2) is 0 Å². The molecule has 4 heteroatoms. The molecule has 0 N–H and O–H groups in total. The van der Waals surface area contributed by atoms with Gasteiger partial charge in [0.15, 0.2) is 0 Å². The fourth-order valence-corrected chi connectivity index (χ4v) is 1.19. The fourth-order valence-electron chi connectivity index (χ4n) is 1.19. The van der Waals surface area contributed by atoms with Crippen LogP contribution in [0.25, 0.3) is 0 Å². The molecule has 0 spiro atoms. The minimum Gasteiger partial charge on any atom is -1.00 e. The molecule has 66 valence electrons. The van der Waals surface area contributed by atoms with Gasteiger partial charge in [-0.1, -0.05) is 12.8 Å². The summed E-state index contributed by atoms with van der Waals surface area (Å²) in [5.74, 6) is 0.597. The van der Waals surface area contributed by atoms with Gasteiger partial charge in [0, 0.05) is 0 Å². The van der Waals surface area contributed by atoms with E-state index in [9.17, 15) is 4.79 Å². The van der Waals surface area contributed by atoms with Crippen LogP contribution in [0.5, 0.6) is 0 Å². The molecule has 0 atom stereocenters. The fraction of sp³-hybridized carbons (Fsp3) is 0.750. The van der Waals surface area contributed by atoms with Crippen molar-refractivity contribution in [1.82, 2.24) is 0 Å². The minimum absolute atomic E-state index is 0. The average Bonchev–Trinajstić information content (AvgIpc) is 1.82. The number of hydrogen-bond acceptors (Lipinski definition) is 2. The van der Waals surface area contributed by atoms with Crippen LogP contribution in [0.1, 0.15) is 19.8 Å². The SMILES string of the molecule is [CH2-]C1CC(C(=O)OCC)C1.[I-].[Zn+2]. The summed E-state index contributed by atoms with van der Waals surface area (Å²) >= 11 is 0. The van der Waals surface area contributed by atoms with E-state index < -0.39 is 0 Å². The van der Waals surface area contributed by atoms with Gasteiger partial charge in [-0.2, -0.15) is 5.92 Å². The summed E-state index contributed by atoms with van der Waals surface area (Å²) in [7, 11) is 0. The van der Waals surface area contributed by atoms with Crippen LogP contribution in [0.2, 0.25) is 0 Å². The zero-order valence-electron chi connectivity index (χ0n) is 7.38. The van der Waals surface area contributed by atoms with Crippen molar-refractivity contribution in [3.05, 3.63) is 6.92 Å². The molecular formula is C8H13IO2Zn. The van der Waals surface area contributed by atoms with E-state index in [0.717, 1.165) is 12.8 Å². The number of halogens is 1. The van der Waals surface area contributed by atoms with Crippen molar-refractivity contribution in [2.75, 3.05) is 6.61 Å². The first-order valence-electron chi connectivity index (χ1n) is 3.73. The van der Waals surface area contributed by atoms with Crippen molar-refractivity contribution >= 4 is 5.97 Å². The van der Waals surface area contributed by atoms with Gasteiger partial charge >= 0.3 is 25.4 Å². The van der Waals surface area contributed by atoms with Crippen LogP contribution in [-0.2, 0) is 29.0 Å². The van der Waals surface area contributed by atoms with Crippen molar-refractivity contribution in [2.45, 2.75) is 19.8 Å². The van der Waals surface area contributed by atoms with Crippen LogP contribution in [-0.4, -0.2) is 12.6 Å². The maximum Gasteiger partial charge on any atom is 2.00 e. The van der Waals surface area contributed by atoms with Gasteiger partial charge in [0.25, 0.3) is 0 Å². The molecule has 0 heterocycles. The molecule has 1 aliphatic carbocycles. The van der Waals surface area contributed by atoms with Gasteiger partial charge in [0.05, 0.1) is 12.5 Å². The second-order valence-electron chi connectivity index (χ2n) is 2.79. The molecule has 0 aromatic rings. The van der Waals surface area contributed by atoms with Crippen molar-refractivity contribution in [3.8, 4) is 0 Å². The molecule has 0 unspecified atom stereocenters. The molecule has 0 bridgehead atoms. The molecule has 2 nitrogen and oxygen atoms in total.